The molecule has 0 aliphatic rings. The quantitative estimate of drug-likeness (QED) is 0.499. The monoisotopic (exact) mass is 209 g/mol. The molecule has 4 nitrogen and oxygen atoms in total. The highest BCUT2D eigenvalue weighted by Gasteiger charge is 2.19. The van der Waals surface area contributed by atoms with E-state index in [-0.39, 0.29) is 13.2 Å². The summed E-state index contributed by atoms with van der Waals surface area (Å²) in [5.41, 5.74) is 5.23. The summed E-state index contributed by atoms with van der Waals surface area (Å²) in [6.45, 7) is 3.99. The molecule has 0 aromatic heterocycles. The lowest BCUT2D eigenvalue weighted by atomic mass is 10.3. The molecule has 0 saturated carbocycles. The van der Waals surface area contributed by atoms with Gasteiger partial charge in [-0.2, -0.15) is 8.42 Å². The van der Waals surface area contributed by atoms with Gasteiger partial charge in [0.25, 0.3) is 10.1 Å². The van der Waals surface area contributed by atoms with Crippen molar-refractivity contribution in [2.24, 2.45) is 5.73 Å². The van der Waals surface area contributed by atoms with Crippen molar-refractivity contribution in [1.29, 1.82) is 0 Å². The third-order valence-corrected chi connectivity index (χ3v) is 3.49. The van der Waals surface area contributed by atoms with Crippen LogP contribution in [-0.4, -0.2) is 26.8 Å². The third kappa shape index (κ3) is 5.23. The second kappa shape index (κ2) is 6.34. The predicted molar refractivity (Wildman–Crippen MR) is 52.9 cm³/mol. The number of rotatable bonds is 7. The van der Waals surface area contributed by atoms with Crippen molar-refractivity contribution < 1.29 is 12.6 Å². The molecular weight excluding hydrogens is 190 g/mol. The zero-order valence-corrected chi connectivity index (χ0v) is 9.14. The van der Waals surface area contributed by atoms with Crippen molar-refractivity contribution in [2.45, 2.75) is 38.4 Å². The van der Waals surface area contributed by atoms with Crippen LogP contribution in [0.3, 0.4) is 0 Å². The highest BCUT2D eigenvalue weighted by Crippen LogP contribution is 2.04. The fraction of sp³-hybridized carbons (Fsp3) is 1.00. The van der Waals surface area contributed by atoms with E-state index < -0.39 is 15.4 Å². The summed E-state index contributed by atoms with van der Waals surface area (Å²) < 4.78 is 27.2. The number of nitrogens with two attached hydrogens (primary N) is 1. The maximum atomic E-state index is 11.2. The fourth-order valence-electron chi connectivity index (χ4n) is 0.761. The zero-order chi connectivity index (χ0) is 10.3. The van der Waals surface area contributed by atoms with E-state index in [1.54, 1.807) is 6.92 Å². The minimum Gasteiger partial charge on any atom is -0.329 e. The first-order valence-corrected chi connectivity index (χ1v) is 6.10. The Bertz CT molecular complexity index is 213. The first-order chi connectivity index (χ1) is 6.04. The predicted octanol–water partition coefficient (Wildman–Crippen LogP) is 0.870. The van der Waals surface area contributed by atoms with Gasteiger partial charge in [0.05, 0.1) is 11.9 Å². The molecule has 0 saturated heterocycles. The molecule has 0 aliphatic carbocycles. The van der Waals surface area contributed by atoms with Crippen molar-refractivity contribution in [3.63, 3.8) is 0 Å². The molecule has 1 atom stereocenters. The lowest BCUT2D eigenvalue weighted by Gasteiger charge is -2.09. The van der Waals surface area contributed by atoms with Crippen LogP contribution in [0.25, 0.3) is 0 Å². The van der Waals surface area contributed by atoms with E-state index in [9.17, 15) is 8.42 Å². The molecule has 0 radical (unpaired) electrons. The largest absolute Gasteiger partial charge is 0.329 e. The molecule has 13 heavy (non-hydrogen) atoms. The van der Waals surface area contributed by atoms with Crippen molar-refractivity contribution >= 4 is 10.1 Å². The topological polar surface area (TPSA) is 69.4 Å². The Morgan fingerprint density at radius 3 is 2.46 bits per heavy atom. The average molecular weight is 209 g/mol. The highest BCUT2D eigenvalue weighted by molar-refractivity contribution is 7.87. The molecule has 0 aromatic carbocycles. The van der Waals surface area contributed by atoms with E-state index in [2.05, 4.69) is 6.92 Å². The van der Waals surface area contributed by atoms with E-state index in [0.29, 0.717) is 0 Å². The Morgan fingerprint density at radius 1 is 1.38 bits per heavy atom. The summed E-state index contributed by atoms with van der Waals surface area (Å²) in [4.78, 5) is 0. The average Bonchev–Trinajstić information content (AvgIpc) is 2.11. The van der Waals surface area contributed by atoms with Crippen LogP contribution in [0, 0.1) is 0 Å². The van der Waals surface area contributed by atoms with Crippen molar-refractivity contribution in [2.75, 3.05) is 13.2 Å². The Balaban J connectivity index is 3.77. The summed E-state index contributed by atoms with van der Waals surface area (Å²) in [7, 11) is -3.42. The smallest absolute Gasteiger partial charge is 0.271 e. The maximum Gasteiger partial charge on any atom is 0.271 e. The van der Waals surface area contributed by atoms with Crippen molar-refractivity contribution in [3.8, 4) is 0 Å². The van der Waals surface area contributed by atoms with Gasteiger partial charge in [-0.05, 0) is 13.3 Å². The first-order valence-electron chi connectivity index (χ1n) is 4.63. The van der Waals surface area contributed by atoms with Crippen LogP contribution >= 0.6 is 0 Å². The lowest BCUT2D eigenvalue weighted by molar-refractivity contribution is 0.303. The SMILES string of the molecule is CCCCCOS(=O)(=O)C(C)CN. The number of hydrogen-bond acceptors (Lipinski definition) is 4. The summed E-state index contributed by atoms with van der Waals surface area (Å²) in [6.07, 6.45) is 2.83. The minimum absolute atomic E-state index is 0.107. The van der Waals surface area contributed by atoms with E-state index in [4.69, 9.17) is 9.92 Å². The first kappa shape index (κ1) is 12.9. The molecule has 0 fully saturated rings. The second-order valence-electron chi connectivity index (χ2n) is 3.07. The Hall–Kier alpha value is -0.130. The van der Waals surface area contributed by atoms with Gasteiger partial charge in [0.1, 0.15) is 0 Å². The van der Waals surface area contributed by atoms with Gasteiger partial charge in [-0.25, -0.2) is 0 Å². The number of unbranched alkanes of at least 4 members (excludes halogenated alkanes) is 2. The Morgan fingerprint density at radius 2 is 2.00 bits per heavy atom. The summed E-state index contributed by atoms with van der Waals surface area (Å²) in [5.74, 6) is 0. The standard InChI is InChI=1S/C8H19NO3S/c1-3-4-5-6-12-13(10,11)8(2)7-9/h8H,3-7,9H2,1-2H3. The van der Waals surface area contributed by atoms with Gasteiger partial charge in [0, 0.05) is 6.54 Å². The third-order valence-electron chi connectivity index (χ3n) is 1.82. The maximum absolute atomic E-state index is 11.2. The number of hydrogen-bond donors (Lipinski definition) is 1. The molecule has 2 N–H and O–H groups in total. The molecule has 0 aromatic rings. The highest BCUT2D eigenvalue weighted by atomic mass is 32.2. The van der Waals surface area contributed by atoms with Gasteiger partial charge in [-0.15, -0.1) is 0 Å². The van der Waals surface area contributed by atoms with E-state index in [0.717, 1.165) is 19.3 Å². The lowest BCUT2D eigenvalue weighted by Crippen LogP contribution is -2.28. The summed E-state index contributed by atoms with van der Waals surface area (Å²) in [5, 5.41) is -0.603. The van der Waals surface area contributed by atoms with Gasteiger partial charge in [0.2, 0.25) is 0 Å². The van der Waals surface area contributed by atoms with Gasteiger partial charge in [-0.1, -0.05) is 19.8 Å². The fourth-order valence-corrected chi connectivity index (χ4v) is 1.58. The van der Waals surface area contributed by atoms with Gasteiger partial charge < -0.3 is 5.73 Å². The molecule has 0 amide bonds. The molecule has 1 unspecified atom stereocenters. The van der Waals surface area contributed by atoms with Crippen LogP contribution < -0.4 is 5.73 Å². The molecule has 0 bridgehead atoms. The summed E-state index contributed by atoms with van der Waals surface area (Å²) in [6, 6.07) is 0. The minimum atomic E-state index is -3.42. The molecule has 0 spiro atoms. The van der Waals surface area contributed by atoms with Crippen LogP contribution in [0.2, 0.25) is 0 Å². The van der Waals surface area contributed by atoms with Crippen LogP contribution in [0.4, 0.5) is 0 Å². The normalized spacial score (nSPS) is 14.4. The Labute approximate surface area is 80.6 Å². The molecule has 0 rings (SSSR count). The summed E-state index contributed by atoms with van der Waals surface area (Å²) >= 11 is 0. The van der Waals surface area contributed by atoms with Crippen LogP contribution in [0.5, 0.6) is 0 Å². The van der Waals surface area contributed by atoms with Gasteiger partial charge in [-0.3, -0.25) is 4.18 Å². The molecule has 0 aliphatic heterocycles. The zero-order valence-electron chi connectivity index (χ0n) is 8.32. The van der Waals surface area contributed by atoms with E-state index in [1.165, 1.54) is 0 Å². The molecule has 5 heteroatoms. The second-order valence-corrected chi connectivity index (χ2v) is 5.09. The van der Waals surface area contributed by atoms with Crippen LogP contribution in [-0.2, 0) is 14.3 Å². The van der Waals surface area contributed by atoms with Crippen LogP contribution in [0.15, 0.2) is 0 Å². The molecule has 80 valence electrons. The van der Waals surface area contributed by atoms with Crippen molar-refractivity contribution in [1.82, 2.24) is 0 Å². The van der Waals surface area contributed by atoms with E-state index >= 15 is 0 Å². The molecule has 0 heterocycles. The molecular formula is C8H19NO3S. The van der Waals surface area contributed by atoms with Crippen molar-refractivity contribution in [3.05, 3.63) is 0 Å². The van der Waals surface area contributed by atoms with Gasteiger partial charge in [0.15, 0.2) is 0 Å². The van der Waals surface area contributed by atoms with E-state index in [1.807, 2.05) is 0 Å². The van der Waals surface area contributed by atoms with Crippen LogP contribution in [0.1, 0.15) is 33.1 Å². The Kier molecular flexibility index (Phi) is 6.28. The van der Waals surface area contributed by atoms with Gasteiger partial charge >= 0.3 is 0 Å².